The molecule has 1 aromatic carbocycles. The molecule has 0 spiro atoms. The van der Waals surface area contributed by atoms with Crippen LogP contribution in [0.3, 0.4) is 0 Å². The molecule has 0 N–H and O–H groups in total. The molecule has 0 atom stereocenters. The third-order valence-corrected chi connectivity index (χ3v) is 7.07. The molecule has 0 aliphatic heterocycles. The summed E-state index contributed by atoms with van der Waals surface area (Å²) in [5.74, 6) is 0. The van der Waals surface area contributed by atoms with Crippen LogP contribution in [0.5, 0.6) is 0 Å². The zero-order valence-corrected chi connectivity index (χ0v) is 12.7. The van der Waals surface area contributed by atoms with Crippen LogP contribution in [0.4, 0.5) is 0 Å². The Labute approximate surface area is 121 Å². The summed E-state index contributed by atoms with van der Waals surface area (Å²) in [4.78, 5) is -0.263. The van der Waals surface area contributed by atoms with Gasteiger partial charge in [0.15, 0.2) is 9.84 Å². The van der Waals surface area contributed by atoms with Gasteiger partial charge >= 0.3 is 0 Å². The largest absolute Gasteiger partial charge is 0.224 e. The highest BCUT2D eigenvalue weighted by Crippen LogP contribution is 2.31. The van der Waals surface area contributed by atoms with Crippen molar-refractivity contribution in [1.29, 1.82) is 5.26 Å². The first kappa shape index (κ1) is 14.7. The molecule has 1 heterocycles. The van der Waals surface area contributed by atoms with Crippen molar-refractivity contribution in [3.05, 3.63) is 41.3 Å². The molecular formula is C12H9NO4S3. The summed E-state index contributed by atoms with van der Waals surface area (Å²) in [5, 5.41) is 8.74. The van der Waals surface area contributed by atoms with Crippen LogP contribution in [0.2, 0.25) is 0 Å². The Morgan fingerprint density at radius 1 is 1.00 bits per heavy atom. The molecule has 8 heteroatoms. The van der Waals surface area contributed by atoms with E-state index in [2.05, 4.69) is 0 Å². The summed E-state index contributed by atoms with van der Waals surface area (Å²) in [7, 11) is -7.62. The Balaban J connectivity index is 2.71. The third kappa shape index (κ3) is 2.60. The molecule has 20 heavy (non-hydrogen) atoms. The maximum absolute atomic E-state index is 12.5. The molecule has 0 saturated carbocycles. The van der Waals surface area contributed by atoms with Crippen molar-refractivity contribution in [2.24, 2.45) is 0 Å². The van der Waals surface area contributed by atoms with Crippen molar-refractivity contribution in [3.63, 3.8) is 0 Å². The minimum Gasteiger partial charge on any atom is -0.224 e. The maximum atomic E-state index is 12.5. The van der Waals surface area contributed by atoms with Gasteiger partial charge in [0.1, 0.15) is 15.2 Å². The van der Waals surface area contributed by atoms with Crippen molar-refractivity contribution in [2.45, 2.75) is 14.0 Å². The lowest BCUT2D eigenvalue weighted by Crippen LogP contribution is -2.08. The van der Waals surface area contributed by atoms with Crippen LogP contribution in [-0.4, -0.2) is 23.1 Å². The van der Waals surface area contributed by atoms with E-state index in [1.807, 2.05) is 6.07 Å². The van der Waals surface area contributed by atoms with Crippen molar-refractivity contribution >= 4 is 31.0 Å². The Kier molecular flexibility index (Phi) is 3.69. The number of hydrogen-bond acceptors (Lipinski definition) is 6. The fourth-order valence-electron chi connectivity index (χ4n) is 1.61. The molecule has 0 fully saturated rings. The Morgan fingerprint density at radius 3 is 2.10 bits per heavy atom. The highest BCUT2D eigenvalue weighted by molar-refractivity contribution is 7.95. The van der Waals surface area contributed by atoms with Gasteiger partial charge in [-0.2, -0.15) is 5.26 Å². The predicted molar refractivity (Wildman–Crippen MR) is 74.0 cm³/mol. The van der Waals surface area contributed by atoms with Gasteiger partial charge in [-0.15, -0.1) is 11.3 Å². The van der Waals surface area contributed by atoms with Crippen molar-refractivity contribution in [2.75, 3.05) is 6.26 Å². The van der Waals surface area contributed by atoms with Crippen LogP contribution in [0.25, 0.3) is 0 Å². The average molecular weight is 327 g/mol. The molecule has 1 aromatic heterocycles. The zero-order valence-electron chi connectivity index (χ0n) is 10.3. The first-order valence-electron chi connectivity index (χ1n) is 5.31. The first-order valence-corrected chi connectivity index (χ1v) is 9.50. The predicted octanol–water partition coefficient (Wildman–Crippen LogP) is 1.86. The smallest absolute Gasteiger partial charge is 0.217 e. The molecule has 0 radical (unpaired) electrons. The Bertz CT molecular complexity index is 902. The minimum absolute atomic E-state index is 0.0508. The fourth-order valence-corrected chi connectivity index (χ4v) is 5.72. The van der Waals surface area contributed by atoms with E-state index in [0.29, 0.717) is 0 Å². The van der Waals surface area contributed by atoms with Crippen molar-refractivity contribution in [1.82, 2.24) is 0 Å². The lowest BCUT2D eigenvalue weighted by molar-refractivity contribution is 0.586. The number of thiophene rings is 1. The number of benzene rings is 1. The van der Waals surface area contributed by atoms with Gasteiger partial charge in [0.25, 0.3) is 0 Å². The van der Waals surface area contributed by atoms with Crippen LogP contribution in [0.1, 0.15) is 4.88 Å². The highest BCUT2D eigenvalue weighted by atomic mass is 32.2. The van der Waals surface area contributed by atoms with Gasteiger partial charge in [-0.1, -0.05) is 12.1 Å². The van der Waals surface area contributed by atoms with Gasteiger partial charge in [0, 0.05) is 6.26 Å². The molecule has 5 nitrogen and oxygen atoms in total. The van der Waals surface area contributed by atoms with E-state index in [9.17, 15) is 16.8 Å². The lowest BCUT2D eigenvalue weighted by atomic mass is 10.4. The van der Waals surface area contributed by atoms with Crippen LogP contribution in [0, 0.1) is 11.3 Å². The van der Waals surface area contributed by atoms with Crippen LogP contribution < -0.4 is 0 Å². The summed E-state index contributed by atoms with van der Waals surface area (Å²) >= 11 is 0.810. The second-order valence-corrected chi connectivity index (χ2v) is 9.17. The Hall–Kier alpha value is -1.69. The molecule has 2 rings (SSSR count). The van der Waals surface area contributed by atoms with Gasteiger partial charge in [-0.3, -0.25) is 0 Å². The van der Waals surface area contributed by atoms with E-state index in [4.69, 9.17) is 5.26 Å². The fraction of sp³-hybridized carbons (Fsp3) is 0.0833. The summed E-state index contributed by atoms with van der Waals surface area (Å²) < 4.78 is 48.2. The molecule has 0 unspecified atom stereocenters. The van der Waals surface area contributed by atoms with Gasteiger partial charge < -0.3 is 0 Å². The van der Waals surface area contributed by atoms with E-state index in [1.54, 1.807) is 0 Å². The zero-order chi connectivity index (χ0) is 15.0. The summed E-state index contributed by atoms with van der Waals surface area (Å²) in [6.45, 7) is 0. The van der Waals surface area contributed by atoms with Gasteiger partial charge in [0.2, 0.25) is 9.84 Å². The third-order valence-electron chi connectivity index (χ3n) is 2.49. The molecule has 0 aliphatic rings. The topological polar surface area (TPSA) is 92.1 Å². The monoisotopic (exact) mass is 327 g/mol. The van der Waals surface area contributed by atoms with E-state index >= 15 is 0 Å². The van der Waals surface area contributed by atoms with Crippen LogP contribution in [-0.2, 0) is 19.7 Å². The molecule has 0 aliphatic carbocycles. The molecule has 0 bridgehead atoms. The number of hydrogen-bond donors (Lipinski definition) is 0. The van der Waals surface area contributed by atoms with Crippen molar-refractivity contribution < 1.29 is 16.8 Å². The second kappa shape index (κ2) is 5.01. The van der Waals surface area contributed by atoms with E-state index in [1.165, 1.54) is 36.4 Å². The van der Waals surface area contributed by atoms with E-state index < -0.39 is 19.7 Å². The van der Waals surface area contributed by atoms with Gasteiger partial charge in [-0.25, -0.2) is 16.8 Å². The maximum Gasteiger partial charge on any atom is 0.217 e. The van der Waals surface area contributed by atoms with Crippen LogP contribution in [0.15, 0.2) is 50.4 Å². The number of rotatable bonds is 3. The lowest BCUT2D eigenvalue weighted by Gasteiger charge is -2.07. The molecular weight excluding hydrogens is 318 g/mol. The van der Waals surface area contributed by atoms with Gasteiger partial charge in [0.05, 0.1) is 9.79 Å². The minimum atomic E-state index is -3.95. The number of nitriles is 1. The first-order chi connectivity index (χ1) is 9.26. The average Bonchev–Trinajstić information content (AvgIpc) is 2.87. The van der Waals surface area contributed by atoms with E-state index in [-0.39, 0.29) is 18.9 Å². The number of nitrogens with zero attached hydrogens (tertiary/aromatic N) is 1. The normalized spacial score (nSPS) is 12.0. The van der Waals surface area contributed by atoms with Crippen LogP contribution >= 0.6 is 11.3 Å². The van der Waals surface area contributed by atoms with Gasteiger partial charge in [-0.05, 0) is 24.3 Å². The molecule has 2 aromatic rings. The second-order valence-electron chi connectivity index (χ2n) is 3.95. The summed E-state index contributed by atoms with van der Waals surface area (Å²) in [5.41, 5.74) is 0. The SMILES string of the molecule is CS(=O)(=O)c1ccccc1S(=O)(=O)c1ccc(C#N)s1. The molecule has 104 valence electrons. The summed E-state index contributed by atoms with van der Waals surface area (Å²) in [6, 6.07) is 9.96. The molecule has 0 saturated heterocycles. The van der Waals surface area contributed by atoms with Crippen molar-refractivity contribution in [3.8, 4) is 6.07 Å². The Morgan fingerprint density at radius 2 is 1.60 bits per heavy atom. The highest BCUT2D eigenvalue weighted by Gasteiger charge is 2.26. The van der Waals surface area contributed by atoms with E-state index in [0.717, 1.165) is 17.6 Å². The molecule has 0 amide bonds. The number of sulfone groups is 2. The summed E-state index contributed by atoms with van der Waals surface area (Å²) in [6.07, 6.45) is 0.955. The quantitative estimate of drug-likeness (QED) is 0.858. The standard InChI is InChI=1S/C12H9NO4S3/c1-19(14,15)10-4-2-3-5-11(10)20(16,17)12-7-6-9(8-13)18-12/h2-7H,1H3.